The zero-order valence-electron chi connectivity index (χ0n) is 20.5. The number of nitrogens with zero attached hydrogens (tertiary/aromatic N) is 1. The Kier molecular flexibility index (Phi) is 9.95. The molecule has 0 aliphatic carbocycles. The first-order valence-corrected chi connectivity index (χ1v) is 12.2. The minimum Gasteiger partial charge on any atom is -0.489 e. The standard InChI is InChI=1S/C27H35N3O5/c1-19(2)17-35-27(33)30-24(26(31)32)16-20-10-12-23(13-11-20)34-18-21-7-6-8-22(15-21)29-25-9-4-3-5-14-28-25/h6-8,10-13,15,19,24H,3-5,9,14,16-18H2,1-2H3,(H,28,29)(H,30,33)(H,31,32). The summed E-state index contributed by atoms with van der Waals surface area (Å²) in [6.07, 6.45) is 3.93. The number of alkyl carbamates (subject to hydrolysis) is 1. The van der Waals surface area contributed by atoms with E-state index in [0.29, 0.717) is 12.4 Å². The van der Waals surface area contributed by atoms with Gasteiger partial charge < -0.3 is 25.2 Å². The third-order valence-corrected chi connectivity index (χ3v) is 5.50. The van der Waals surface area contributed by atoms with E-state index in [9.17, 15) is 14.7 Å². The number of rotatable bonds is 10. The van der Waals surface area contributed by atoms with Crippen LogP contribution in [0.5, 0.6) is 5.75 Å². The summed E-state index contributed by atoms with van der Waals surface area (Å²) in [6, 6.07) is 14.2. The Morgan fingerprint density at radius 1 is 1.06 bits per heavy atom. The van der Waals surface area contributed by atoms with E-state index < -0.39 is 18.1 Å². The minimum atomic E-state index is -1.12. The van der Waals surface area contributed by atoms with Crippen LogP contribution in [0.25, 0.3) is 0 Å². The van der Waals surface area contributed by atoms with Crippen LogP contribution in [-0.4, -0.2) is 42.2 Å². The average Bonchev–Trinajstić information content (AvgIpc) is 3.11. The van der Waals surface area contributed by atoms with Gasteiger partial charge in [-0.05, 0) is 54.2 Å². The second-order valence-corrected chi connectivity index (χ2v) is 9.13. The highest BCUT2D eigenvalue weighted by Gasteiger charge is 2.21. The molecule has 0 radical (unpaired) electrons. The van der Waals surface area contributed by atoms with Crippen molar-refractivity contribution in [3.05, 3.63) is 59.7 Å². The van der Waals surface area contributed by atoms with Crippen molar-refractivity contribution in [2.75, 3.05) is 18.5 Å². The maximum atomic E-state index is 11.8. The van der Waals surface area contributed by atoms with Crippen LogP contribution in [0.4, 0.5) is 10.5 Å². The molecule has 1 aliphatic rings. The first-order chi connectivity index (χ1) is 16.9. The van der Waals surface area contributed by atoms with Crippen LogP contribution in [0, 0.1) is 5.92 Å². The number of carboxylic acids is 1. The predicted molar refractivity (Wildman–Crippen MR) is 136 cm³/mol. The molecule has 3 rings (SSSR count). The summed E-state index contributed by atoms with van der Waals surface area (Å²) in [4.78, 5) is 28.0. The normalized spacial score (nSPS) is 14.4. The Balaban J connectivity index is 1.51. The van der Waals surface area contributed by atoms with E-state index in [2.05, 4.69) is 21.7 Å². The number of carboxylic acid groups (broad SMARTS) is 1. The topological polar surface area (TPSA) is 109 Å². The van der Waals surface area contributed by atoms with E-state index in [1.165, 1.54) is 6.42 Å². The van der Waals surface area contributed by atoms with Gasteiger partial charge in [0.05, 0.1) is 6.61 Å². The molecule has 1 heterocycles. The fourth-order valence-electron chi connectivity index (χ4n) is 3.63. The SMILES string of the molecule is CC(C)COC(=O)NC(Cc1ccc(OCc2cccc(NC3=NCCCCC3)c2)cc1)C(=O)O. The number of aliphatic imine (C=N–C) groups is 1. The van der Waals surface area contributed by atoms with Gasteiger partial charge in [-0.25, -0.2) is 9.59 Å². The highest BCUT2D eigenvalue weighted by Crippen LogP contribution is 2.18. The van der Waals surface area contributed by atoms with Gasteiger partial charge in [0, 0.05) is 25.1 Å². The predicted octanol–water partition coefficient (Wildman–Crippen LogP) is 5.03. The van der Waals surface area contributed by atoms with Gasteiger partial charge in [-0.15, -0.1) is 0 Å². The lowest BCUT2D eigenvalue weighted by molar-refractivity contribution is -0.139. The van der Waals surface area contributed by atoms with Crippen molar-refractivity contribution in [2.24, 2.45) is 10.9 Å². The number of anilines is 1. The lowest BCUT2D eigenvalue weighted by Gasteiger charge is -2.16. The molecule has 1 amide bonds. The lowest BCUT2D eigenvalue weighted by atomic mass is 10.1. The lowest BCUT2D eigenvalue weighted by Crippen LogP contribution is -2.42. The van der Waals surface area contributed by atoms with Crippen LogP contribution in [0.3, 0.4) is 0 Å². The number of carbonyl (C=O) groups excluding carboxylic acids is 1. The molecule has 2 aromatic carbocycles. The van der Waals surface area contributed by atoms with Crippen LogP contribution >= 0.6 is 0 Å². The number of amidine groups is 1. The molecule has 1 atom stereocenters. The largest absolute Gasteiger partial charge is 0.489 e. The summed E-state index contributed by atoms with van der Waals surface area (Å²) in [5.41, 5.74) is 2.80. The zero-order chi connectivity index (χ0) is 25.0. The Hall–Kier alpha value is -3.55. The van der Waals surface area contributed by atoms with E-state index in [1.807, 2.05) is 32.0 Å². The van der Waals surface area contributed by atoms with E-state index in [-0.39, 0.29) is 18.9 Å². The van der Waals surface area contributed by atoms with E-state index in [0.717, 1.165) is 48.5 Å². The Morgan fingerprint density at radius 2 is 1.86 bits per heavy atom. The highest BCUT2D eigenvalue weighted by molar-refractivity contribution is 5.95. The molecule has 0 saturated carbocycles. The van der Waals surface area contributed by atoms with Crippen molar-refractivity contribution >= 4 is 23.6 Å². The van der Waals surface area contributed by atoms with Crippen LogP contribution in [-0.2, 0) is 22.6 Å². The van der Waals surface area contributed by atoms with Gasteiger partial charge in [-0.2, -0.15) is 0 Å². The fourth-order valence-corrected chi connectivity index (χ4v) is 3.63. The van der Waals surface area contributed by atoms with Gasteiger partial charge in [0.15, 0.2) is 0 Å². The number of aliphatic carboxylic acids is 1. The number of benzene rings is 2. The molecule has 0 fully saturated rings. The Morgan fingerprint density at radius 3 is 2.60 bits per heavy atom. The van der Waals surface area contributed by atoms with Crippen molar-refractivity contribution in [3.8, 4) is 5.75 Å². The maximum Gasteiger partial charge on any atom is 0.407 e. The molecule has 188 valence electrons. The summed E-state index contributed by atoms with van der Waals surface area (Å²) >= 11 is 0. The highest BCUT2D eigenvalue weighted by atomic mass is 16.5. The molecule has 0 saturated heterocycles. The van der Waals surface area contributed by atoms with Crippen molar-refractivity contribution in [1.29, 1.82) is 0 Å². The van der Waals surface area contributed by atoms with Gasteiger partial charge in [0.2, 0.25) is 0 Å². The molecule has 35 heavy (non-hydrogen) atoms. The van der Waals surface area contributed by atoms with Crippen molar-refractivity contribution in [1.82, 2.24) is 5.32 Å². The number of amides is 1. The van der Waals surface area contributed by atoms with Gasteiger partial charge >= 0.3 is 12.1 Å². The molecule has 1 aliphatic heterocycles. The van der Waals surface area contributed by atoms with Gasteiger partial charge in [-0.1, -0.05) is 44.5 Å². The average molecular weight is 482 g/mol. The third kappa shape index (κ3) is 9.31. The van der Waals surface area contributed by atoms with Crippen LogP contribution < -0.4 is 15.4 Å². The monoisotopic (exact) mass is 481 g/mol. The third-order valence-electron chi connectivity index (χ3n) is 5.50. The second-order valence-electron chi connectivity index (χ2n) is 9.13. The number of carbonyl (C=O) groups is 2. The molecule has 0 spiro atoms. The van der Waals surface area contributed by atoms with Crippen molar-refractivity contribution < 1.29 is 24.2 Å². The van der Waals surface area contributed by atoms with Gasteiger partial charge in [0.1, 0.15) is 24.2 Å². The number of ether oxygens (including phenoxy) is 2. The van der Waals surface area contributed by atoms with E-state index in [4.69, 9.17) is 9.47 Å². The molecular formula is C27H35N3O5. The van der Waals surface area contributed by atoms with E-state index in [1.54, 1.807) is 24.3 Å². The molecule has 8 heteroatoms. The zero-order valence-corrected chi connectivity index (χ0v) is 20.5. The van der Waals surface area contributed by atoms with Crippen molar-refractivity contribution in [3.63, 3.8) is 0 Å². The van der Waals surface area contributed by atoms with Crippen LogP contribution in [0.15, 0.2) is 53.5 Å². The maximum absolute atomic E-state index is 11.8. The van der Waals surface area contributed by atoms with Crippen LogP contribution in [0.2, 0.25) is 0 Å². The summed E-state index contributed by atoms with van der Waals surface area (Å²) in [5, 5.41) is 15.3. The summed E-state index contributed by atoms with van der Waals surface area (Å²) in [6.45, 7) is 5.34. The summed E-state index contributed by atoms with van der Waals surface area (Å²) < 4.78 is 10.9. The molecule has 3 N–H and O–H groups in total. The van der Waals surface area contributed by atoms with Crippen LogP contribution in [0.1, 0.15) is 50.7 Å². The Bertz CT molecular complexity index is 1000. The summed E-state index contributed by atoms with van der Waals surface area (Å²) in [7, 11) is 0. The van der Waals surface area contributed by atoms with E-state index >= 15 is 0 Å². The first-order valence-electron chi connectivity index (χ1n) is 12.2. The first kappa shape index (κ1) is 26.1. The molecular weight excluding hydrogens is 446 g/mol. The molecule has 1 unspecified atom stereocenters. The smallest absolute Gasteiger partial charge is 0.407 e. The molecule has 8 nitrogen and oxygen atoms in total. The quantitative estimate of drug-likeness (QED) is 0.439. The molecule has 0 bridgehead atoms. The fraction of sp³-hybridized carbons (Fsp3) is 0.444. The van der Waals surface area contributed by atoms with Gasteiger partial charge in [0.25, 0.3) is 0 Å². The molecule has 2 aromatic rings. The molecule has 0 aromatic heterocycles. The second kappa shape index (κ2) is 13.4. The Labute approximate surface area is 206 Å². The number of nitrogens with one attached hydrogen (secondary N) is 2. The minimum absolute atomic E-state index is 0.143. The van der Waals surface area contributed by atoms with Gasteiger partial charge in [-0.3, -0.25) is 4.99 Å². The summed E-state index contributed by atoms with van der Waals surface area (Å²) in [5.74, 6) is 0.774. The van der Waals surface area contributed by atoms with Crippen molar-refractivity contribution in [2.45, 2.75) is 58.6 Å². The number of hydrogen-bond donors (Lipinski definition) is 3. The number of hydrogen-bond acceptors (Lipinski definition) is 6.